The van der Waals surface area contributed by atoms with Crippen LogP contribution in [0.5, 0.6) is 0 Å². The number of aromatic nitrogens is 4. The zero-order chi connectivity index (χ0) is 33.3. The second-order valence-corrected chi connectivity index (χ2v) is 13.0. The molecule has 6 rings (SSSR count). The molecule has 3 heterocycles. The number of hydrogen-bond acceptors (Lipinski definition) is 9. The van der Waals surface area contributed by atoms with Gasteiger partial charge in [0.25, 0.3) is 5.56 Å². The predicted octanol–water partition coefficient (Wildman–Crippen LogP) is 4.85. The monoisotopic (exact) mass is 646 g/mol. The molecule has 2 atom stereocenters. The Morgan fingerprint density at radius 1 is 1.13 bits per heavy atom. The minimum Gasteiger partial charge on any atom is -0.388 e. The van der Waals surface area contributed by atoms with Crippen LogP contribution in [-0.4, -0.2) is 59.4 Å². The largest absolute Gasteiger partial charge is 0.388 e. The third-order valence-electron chi connectivity index (χ3n) is 9.25. The van der Waals surface area contributed by atoms with Gasteiger partial charge in [0.2, 0.25) is 5.78 Å². The van der Waals surface area contributed by atoms with E-state index in [4.69, 9.17) is 9.57 Å². The lowest BCUT2D eigenvalue weighted by molar-refractivity contribution is -0.128. The molecule has 2 aliphatic rings. The Kier molecular flexibility index (Phi) is 9.45. The van der Waals surface area contributed by atoms with E-state index in [9.17, 15) is 15.0 Å². The van der Waals surface area contributed by atoms with Crippen LogP contribution in [0.3, 0.4) is 0 Å². The molecule has 11 nitrogen and oxygen atoms in total. The number of nitrogens with one attached hydrogen (secondary N) is 1. The topological polar surface area (TPSA) is 136 Å². The molecule has 12 heteroatoms. The molecule has 0 amide bonds. The van der Waals surface area contributed by atoms with E-state index in [1.54, 1.807) is 29.0 Å². The van der Waals surface area contributed by atoms with Gasteiger partial charge in [-0.25, -0.2) is 8.91 Å². The predicted molar refractivity (Wildman–Crippen MR) is 175 cm³/mol. The lowest BCUT2D eigenvalue weighted by atomic mass is 9.91. The first-order chi connectivity index (χ1) is 22.6. The molecule has 0 spiro atoms. The Labute approximate surface area is 273 Å². The molecule has 0 bridgehead atoms. The number of benzene rings is 2. The maximum Gasteiger partial charge on any atom is 0.304 e. The van der Waals surface area contributed by atoms with Crippen molar-refractivity contribution in [2.45, 2.75) is 109 Å². The fourth-order valence-corrected chi connectivity index (χ4v) is 6.90. The molecule has 1 saturated carbocycles. The number of rotatable bonds is 11. The van der Waals surface area contributed by atoms with Gasteiger partial charge in [-0.05, 0) is 75.1 Å². The summed E-state index contributed by atoms with van der Waals surface area (Å²) in [5, 5.41) is 31.4. The van der Waals surface area contributed by atoms with Crippen LogP contribution in [0.25, 0.3) is 16.9 Å². The fourth-order valence-electron chi connectivity index (χ4n) is 6.90. The van der Waals surface area contributed by atoms with E-state index in [-0.39, 0.29) is 30.2 Å². The number of oxime groups is 1. The van der Waals surface area contributed by atoms with Crippen molar-refractivity contribution in [3.8, 4) is 11.1 Å². The molecule has 1 aliphatic heterocycles. The standard InChI is InChI=1S/C35H43FN6O5/c1-5-9-29-27(18-22-13-12-21(19-28(22)36)25-10-7-8-11-26(25)31-39-34(44)47-40-31)32(43)41(33-37-20-38-42(29)33)23-14-16-24(17-15-23)46-30(6-2)35(3,4)45/h7-8,10-13,19-20,23-24,30,34,44-45H,5-6,9,14-18H2,1-4H3,(H,39,40)/t23-,24-,30?,34?. The van der Waals surface area contributed by atoms with Gasteiger partial charge in [-0.1, -0.05) is 61.8 Å². The van der Waals surface area contributed by atoms with E-state index in [1.165, 1.54) is 12.4 Å². The van der Waals surface area contributed by atoms with Crippen LogP contribution >= 0.6 is 0 Å². The van der Waals surface area contributed by atoms with Crippen molar-refractivity contribution >= 4 is 11.6 Å². The number of hydrogen-bond donors (Lipinski definition) is 3. The summed E-state index contributed by atoms with van der Waals surface area (Å²) >= 11 is 0. The number of fused-ring (bicyclic) bond motifs is 1. The Balaban J connectivity index is 1.31. The second kappa shape index (κ2) is 13.5. The quantitative estimate of drug-likeness (QED) is 0.211. The highest BCUT2D eigenvalue weighted by atomic mass is 19.1. The van der Waals surface area contributed by atoms with Crippen LogP contribution in [0.15, 0.2) is 58.7 Å². The van der Waals surface area contributed by atoms with Gasteiger partial charge >= 0.3 is 6.41 Å². The van der Waals surface area contributed by atoms with Gasteiger partial charge in [0.15, 0.2) is 5.84 Å². The molecule has 2 aromatic heterocycles. The van der Waals surface area contributed by atoms with E-state index in [2.05, 4.69) is 20.6 Å². The Morgan fingerprint density at radius 2 is 1.87 bits per heavy atom. The molecule has 0 saturated heterocycles. The molecule has 250 valence electrons. The van der Waals surface area contributed by atoms with Crippen LogP contribution in [0, 0.1) is 5.82 Å². The van der Waals surface area contributed by atoms with Crippen molar-refractivity contribution in [1.29, 1.82) is 0 Å². The maximum atomic E-state index is 15.9. The summed E-state index contributed by atoms with van der Waals surface area (Å²) in [6.45, 7) is 7.59. The number of aliphatic hydroxyl groups is 2. The van der Waals surface area contributed by atoms with Crippen LogP contribution < -0.4 is 10.9 Å². The number of ether oxygens (including phenoxy) is 1. The smallest absolute Gasteiger partial charge is 0.304 e. The van der Waals surface area contributed by atoms with Gasteiger partial charge in [0.05, 0.1) is 23.5 Å². The van der Waals surface area contributed by atoms with Crippen LogP contribution in [0.4, 0.5) is 4.39 Å². The third kappa shape index (κ3) is 6.67. The van der Waals surface area contributed by atoms with E-state index >= 15 is 4.39 Å². The average Bonchev–Trinajstić information content (AvgIpc) is 3.71. The van der Waals surface area contributed by atoms with Gasteiger partial charge in [-0.3, -0.25) is 9.36 Å². The van der Waals surface area contributed by atoms with Gasteiger partial charge in [0, 0.05) is 23.6 Å². The molecular weight excluding hydrogens is 603 g/mol. The van der Waals surface area contributed by atoms with Gasteiger partial charge in [0.1, 0.15) is 12.1 Å². The van der Waals surface area contributed by atoms with Crippen molar-refractivity contribution in [3.05, 3.63) is 87.3 Å². The van der Waals surface area contributed by atoms with Crippen molar-refractivity contribution in [3.63, 3.8) is 0 Å². The Morgan fingerprint density at radius 3 is 2.51 bits per heavy atom. The molecule has 2 unspecified atom stereocenters. The van der Waals surface area contributed by atoms with E-state index < -0.39 is 17.8 Å². The van der Waals surface area contributed by atoms with Crippen LogP contribution in [0.1, 0.15) is 94.6 Å². The van der Waals surface area contributed by atoms with E-state index in [0.717, 1.165) is 25.0 Å². The minimum atomic E-state index is -1.24. The number of aliphatic hydroxyl groups excluding tert-OH is 1. The maximum absolute atomic E-state index is 15.9. The van der Waals surface area contributed by atoms with Crippen molar-refractivity contribution in [1.82, 2.24) is 24.5 Å². The normalized spacial score (nSPS) is 20.6. The number of amidine groups is 1. The lowest BCUT2D eigenvalue weighted by Crippen LogP contribution is -2.41. The van der Waals surface area contributed by atoms with Gasteiger partial charge in [-0.15, -0.1) is 0 Å². The molecule has 2 aromatic carbocycles. The molecule has 0 radical (unpaired) electrons. The highest BCUT2D eigenvalue weighted by Gasteiger charge is 2.33. The van der Waals surface area contributed by atoms with Crippen LogP contribution in [-0.2, 0) is 22.4 Å². The summed E-state index contributed by atoms with van der Waals surface area (Å²) in [5.74, 6) is 0.419. The van der Waals surface area contributed by atoms with Gasteiger partial charge in [-0.2, -0.15) is 10.1 Å². The zero-order valence-corrected chi connectivity index (χ0v) is 27.3. The summed E-state index contributed by atoms with van der Waals surface area (Å²) in [5.41, 5.74) is 2.55. The number of aryl methyl sites for hydroxylation is 1. The minimum absolute atomic E-state index is 0.00194. The first-order valence-corrected chi connectivity index (χ1v) is 16.5. The highest BCUT2D eigenvalue weighted by molar-refractivity contribution is 6.04. The molecule has 3 N–H and O–H groups in total. The third-order valence-corrected chi connectivity index (χ3v) is 9.25. The Hall–Kier alpha value is -4.13. The first kappa shape index (κ1) is 32.8. The summed E-state index contributed by atoms with van der Waals surface area (Å²) in [6.07, 6.45) is 5.09. The molecular formula is C35H43FN6O5. The fraction of sp³-hybridized carbons (Fsp3) is 0.486. The van der Waals surface area contributed by atoms with Crippen molar-refractivity contribution in [2.75, 3.05) is 0 Å². The zero-order valence-electron chi connectivity index (χ0n) is 27.3. The number of nitrogens with zero attached hydrogens (tertiary/aromatic N) is 5. The molecule has 1 fully saturated rings. The molecule has 1 aliphatic carbocycles. The van der Waals surface area contributed by atoms with Gasteiger partial charge < -0.3 is 25.1 Å². The van der Waals surface area contributed by atoms with Crippen LogP contribution in [0.2, 0.25) is 0 Å². The number of halogens is 1. The molecule has 4 aromatic rings. The summed E-state index contributed by atoms with van der Waals surface area (Å²) in [6, 6.07) is 12.2. The van der Waals surface area contributed by atoms with E-state index in [1.807, 2.05) is 44.2 Å². The Bertz CT molecular complexity index is 1820. The molecule has 47 heavy (non-hydrogen) atoms. The van der Waals surface area contributed by atoms with Crippen molar-refractivity contribution < 1.29 is 24.2 Å². The van der Waals surface area contributed by atoms with E-state index in [0.29, 0.717) is 65.1 Å². The highest BCUT2D eigenvalue weighted by Crippen LogP contribution is 2.33. The average molecular weight is 647 g/mol. The summed E-state index contributed by atoms with van der Waals surface area (Å²) in [4.78, 5) is 23.8. The first-order valence-electron chi connectivity index (χ1n) is 16.5. The lowest BCUT2D eigenvalue weighted by Gasteiger charge is -2.36. The second-order valence-electron chi connectivity index (χ2n) is 13.0. The summed E-state index contributed by atoms with van der Waals surface area (Å²) < 4.78 is 25.7. The summed E-state index contributed by atoms with van der Waals surface area (Å²) in [7, 11) is 0. The SMILES string of the molecule is CCCc1c(Cc2ccc(-c3ccccc3C3=NOC(O)N3)cc2F)c(=O)n([C@H]2CC[C@H](OC(CC)C(C)(C)O)CC2)c2ncnn12. The van der Waals surface area contributed by atoms with Crippen molar-refractivity contribution in [2.24, 2.45) is 5.16 Å².